The molecular formula is C21H19BrClN3O5. The summed E-state index contributed by atoms with van der Waals surface area (Å²) in [7, 11) is 1.57. The molecule has 162 valence electrons. The van der Waals surface area contributed by atoms with Crippen LogP contribution < -0.4 is 14.8 Å². The first-order chi connectivity index (χ1) is 15.0. The van der Waals surface area contributed by atoms with Crippen LogP contribution in [0.5, 0.6) is 11.5 Å². The minimum Gasteiger partial charge on any atom is -0.493 e. The Morgan fingerprint density at radius 1 is 1.13 bits per heavy atom. The van der Waals surface area contributed by atoms with Gasteiger partial charge in [0.2, 0.25) is 0 Å². The monoisotopic (exact) mass is 507 g/mol. The van der Waals surface area contributed by atoms with Gasteiger partial charge in [-0.25, -0.2) is 9.97 Å². The quantitative estimate of drug-likeness (QED) is 0.539. The predicted molar refractivity (Wildman–Crippen MR) is 118 cm³/mol. The molecule has 0 aliphatic carbocycles. The number of hydrogen-bond acceptors (Lipinski definition) is 8. The zero-order valence-corrected chi connectivity index (χ0v) is 18.8. The second kappa shape index (κ2) is 8.40. The van der Waals surface area contributed by atoms with E-state index >= 15 is 0 Å². The lowest BCUT2D eigenvalue weighted by Crippen LogP contribution is -2.34. The number of benzene rings is 2. The third-order valence-electron chi connectivity index (χ3n) is 5.36. The highest BCUT2D eigenvalue weighted by Gasteiger charge is 2.48. The molecule has 0 unspecified atom stereocenters. The first-order valence-corrected chi connectivity index (χ1v) is 10.8. The number of nitrogens with one attached hydrogen (secondary N) is 1. The number of halogens is 2. The molecule has 2 N–H and O–H groups in total. The van der Waals surface area contributed by atoms with Crippen molar-refractivity contribution in [3.8, 4) is 11.5 Å². The van der Waals surface area contributed by atoms with Gasteiger partial charge in [-0.15, -0.1) is 0 Å². The lowest BCUT2D eigenvalue weighted by Gasteiger charge is -2.20. The minimum atomic E-state index is -0.634. The molecular weight excluding hydrogens is 490 g/mol. The Kier molecular flexibility index (Phi) is 5.61. The van der Waals surface area contributed by atoms with E-state index in [0.29, 0.717) is 34.5 Å². The van der Waals surface area contributed by atoms with Crippen molar-refractivity contribution < 1.29 is 24.1 Å². The van der Waals surface area contributed by atoms with Crippen LogP contribution in [0.3, 0.4) is 0 Å². The summed E-state index contributed by atoms with van der Waals surface area (Å²) in [4.78, 5) is 8.75. The van der Waals surface area contributed by atoms with Crippen LogP contribution in [0.4, 0.5) is 11.5 Å². The summed E-state index contributed by atoms with van der Waals surface area (Å²) in [5.41, 5.74) is 1.47. The Morgan fingerprint density at radius 3 is 2.77 bits per heavy atom. The van der Waals surface area contributed by atoms with Crippen molar-refractivity contribution in [3.63, 3.8) is 0 Å². The lowest BCUT2D eigenvalue weighted by molar-refractivity contribution is 0.00823. The highest BCUT2D eigenvalue weighted by molar-refractivity contribution is 9.10. The molecule has 4 atom stereocenters. The first-order valence-electron chi connectivity index (χ1n) is 9.66. The van der Waals surface area contributed by atoms with Crippen LogP contribution >= 0.6 is 27.5 Å². The highest BCUT2D eigenvalue weighted by atomic mass is 79.9. The van der Waals surface area contributed by atoms with Crippen molar-refractivity contribution >= 4 is 49.9 Å². The third kappa shape index (κ3) is 3.92. The Bertz CT molecular complexity index is 1130. The molecule has 3 heterocycles. The van der Waals surface area contributed by atoms with E-state index in [0.717, 1.165) is 15.5 Å². The van der Waals surface area contributed by atoms with Gasteiger partial charge >= 0.3 is 0 Å². The van der Waals surface area contributed by atoms with Gasteiger partial charge in [0.1, 0.15) is 30.5 Å². The van der Waals surface area contributed by atoms with E-state index in [2.05, 4.69) is 31.2 Å². The van der Waals surface area contributed by atoms with E-state index in [-0.39, 0.29) is 24.9 Å². The molecule has 2 aliphatic heterocycles. The second-order valence-electron chi connectivity index (χ2n) is 7.32. The van der Waals surface area contributed by atoms with Crippen LogP contribution in [0.15, 0.2) is 41.1 Å². The summed E-state index contributed by atoms with van der Waals surface area (Å²) >= 11 is 9.59. The fourth-order valence-electron chi connectivity index (χ4n) is 3.83. The Labute approximate surface area is 191 Å². The maximum atomic E-state index is 9.94. The number of hydrogen-bond donors (Lipinski definition) is 2. The average Bonchev–Trinajstić information content (AvgIpc) is 3.34. The maximum absolute atomic E-state index is 9.94. The minimum absolute atomic E-state index is 0.242. The van der Waals surface area contributed by atoms with Gasteiger partial charge < -0.3 is 29.4 Å². The number of ether oxygens (including phenoxy) is 4. The van der Waals surface area contributed by atoms with Gasteiger partial charge in [-0.05, 0) is 40.2 Å². The molecule has 0 saturated carbocycles. The molecule has 0 amide bonds. The van der Waals surface area contributed by atoms with E-state index < -0.39 is 6.10 Å². The van der Waals surface area contributed by atoms with Gasteiger partial charge in [-0.1, -0.05) is 11.6 Å². The van der Waals surface area contributed by atoms with Crippen molar-refractivity contribution in [3.05, 3.63) is 46.2 Å². The molecule has 2 aliphatic rings. The number of fused-ring (bicyclic) bond motifs is 2. The van der Waals surface area contributed by atoms with Crippen LogP contribution in [-0.4, -0.2) is 59.8 Å². The fourth-order valence-corrected chi connectivity index (χ4v) is 4.26. The molecule has 10 heteroatoms. The zero-order chi connectivity index (χ0) is 21.5. The molecule has 1 aromatic heterocycles. The van der Waals surface area contributed by atoms with Crippen LogP contribution in [-0.2, 0) is 9.47 Å². The largest absolute Gasteiger partial charge is 0.493 e. The maximum Gasteiger partial charge on any atom is 0.164 e. The van der Waals surface area contributed by atoms with Crippen LogP contribution in [0.2, 0.25) is 5.02 Å². The number of aliphatic hydroxyl groups excluding tert-OH is 1. The molecule has 2 fully saturated rings. The Balaban J connectivity index is 1.45. The topological polar surface area (TPSA) is 95.0 Å². The molecule has 5 rings (SSSR count). The van der Waals surface area contributed by atoms with E-state index in [1.54, 1.807) is 19.2 Å². The van der Waals surface area contributed by atoms with Crippen LogP contribution in [0.25, 0.3) is 10.9 Å². The summed E-state index contributed by atoms with van der Waals surface area (Å²) in [5.74, 6) is 1.66. The Morgan fingerprint density at radius 2 is 1.97 bits per heavy atom. The number of methoxy groups -OCH3 is 1. The van der Waals surface area contributed by atoms with Crippen molar-refractivity contribution in [1.82, 2.24) is 9.97 Å². The van der Waals surface area contributed by atoms with Crippen molar-refractivity contribution in [2.45, 2.75) is 24.4 Å². The van der Waals surface area contributed by atoms with E-state index in [1.807, 2.05) is 18.2 Å². The smallest absolute Gasteiger partial charge is 0.164 e. The van der Waals surface area contributed by atoms with E-state index in [1.165, 1.54) is 6.33 Å². The third-order valence-corrected chi connectivity index (χ3v) is 6.60. The zero-order valence-electron chi connectivity index (χ0n) is 16.4. The normalized spacial score (nSPS) is 24.9. The van der Waals surface area contributed by atoms with Gasteiger partial charge in [0.25, 0.3) is 0 Å². The summed E-state index contributed by atoms with van der Waals surface area (Å²) in [5, 5.41) is 14.6. The predicted octanol–water partition coefficient (Wildman–Crippen LogP) is 3.70. The molecule has 0 radical (unpaired) electrons. The molecule has 31 heavy (non-hydrogen) atoms. The number of rotatable bonds is 5. The second-order valence-corrected chi connectivity index (χ2v) is 8.58. The summed E-state index contributed by atoms with van der Waals surface area (Å²) < 4.78 is 23.8. The molecule has 0 bridgehead atoms. The summed E-state index contributed by atoms with van der Waals surface area (Å²) in [6.45, 7) is 0.570. The summed E-state index contributed by atoms with van der Waals surface area (Å²) in [6.07, 6.45) is -0.192. The first kappa shape index (κ1) is 20.7. The number of aliphatic hydroxyl groups is 1. The number of anilines is 2. The van der Waals surface area contributed by atoms with Crippen LogP contribution in [0.1, 0.15) is 0 Å². The average molecular weight is 509 g/mol. The number of aromatic nitrogens is 2. The van der Waals surface area contributed by atoms with Gasteiger partial charge in [0.15, 0.2) is 17.6 Å². The van der Waals surface area contributed by atoms with Gasteiger partial charge in [-0.2, -0.15) is 0 Å². The molecule has 2 aromatic carbocycles. The number of nitrogens with zero attached hydrogens (tertiary/aromatic N) is 2. The molecule has 3 aromatic rings. The standard InChI is InChI=1S/C21H19BrClN3O5/c1-28-16-5-11-14(6-17(16)31-18-8-30-19-15(27)7-29-20(18)19)24-9-25-21(11)26-10-2-3-12(22)13(23)4-10/h2-6,9,15,18-20,27H,7-8H2,1H3,(H,24,25,26)/t15-,18+,19-,20-/m1/s1. The highest BCUT2D eigenvalue weighted by Crippen LogP contribution is 2.38. The van der Waals surface area contributed by atoms with Gasteiger partial charge in [-0.3, -0.25) is 0 Å². The Hall–Kier alpha value is -2.17. The van der Waals surface area contributed by atoms with Crippen molar-refractivity contribution in [1.29, 1.82) is 0 Å². The lowest BCUT2D eigenvalue weighted by atomic mass is 10.1. The van der Waals surface area contributed by atoms with Gasteiger partial charge in [0.05, 0.1) is 30.9 Å². The SMILES string of the molecule is COc1cc2c(Nc3ccc(Br)c(Cl)c3)ncnc2cc1O[C@H]1CO[C@H]2[C@@H]1OC[C@H]2O. The molecule has 0 spiro atoms. The van der Waals surface area contributed by atoms with E-state index in [9.17, 15) is 5.11 Å². The van der Waals surface area contributed by atoms with Crippen molar-refractivity contribution in [2.24, 2.45) is 0 Å². The van der Waals surface area contributed by atoms with Crippen LogP contribution in [0, 0.1) is 0 Å². The summed E-state index contributed by atoms with van der Waals surface area (Å²) in [6, 6.07) is 9.19. The molecule has 2 saturated heterocycles. The molecule has 8 nitrogen and oxygen atoms in total. The van der Waals surface area contributed by atoms with Crippen molar-refractivity contribution in [2.75, 3.05) is 25.6 Å². The van der Waals surface area contributed by atoms with Gasteiger partial charge in [0, 0.05) is 21.6 Å². The van der Waals surface area contributed by atoms with E-state index in [4.69, 9.17) is 30.5 Å². The fraction of sp³-hybridized carbons (Fsp3) is 0.333.